The highest BCUT2D eigenvalue weighted by atomic mass is 16.5. The summed E-state index contributed by atoms with van der Waals surface area (Å²) in [6, 6.07) is 5.46. The molecule has 1 amide bonds. The van der Waals surface area contributed by atoms with Gasteiger partial charge in [-0.05, 0) is 32.0 Å². The van der Waals surface area contributed by atoms with E-state index in [0.29, 0.717) is 25.3 Å². The van der Waals surface area contributed by atoms with Crippen LogP contribution in [0.25, 0.3) is 11.0 Å². The van der Waals surface area contributed by atoms with Crippen LogP contribution < -0.4 is 0 Å². The molecule has 2 heterocycles. The van der Waals surface area contributed by atoms with Crippen molar-refractivity contribution in [3.8, 4) is 0 Å². The molecule has 7 heteroatoms. The largest absolute Gasteiger partial charge is 0.383 e. The number of hydrogen-bond acceptors (Lipinski definition) is 5. The second-order valence-corrected chi connectivity index (χ2v) is 6.34. The van der Waals surface area contributed by atoms with Crippen LogP contribution in [-0.2, 0) is 18.3 Å². The van der Waals surface area contributed by atoms with Gasteiger partial charge >= 0.3 is 0 Å². The predicted molar refractivity (Wildman–Crippen MR) is 98.8 cm³/mol. The number of carbonyl (C=O) groups is 1. The number of amides is 1. The summed E-state index contributed by atoms with van der Waals surface area (Å²) in [6.45, 7) is 5.30. The summed E-state index contributed by atoms with van der Waals surface area (Å²) in [7, 11) is 3.49. The molecular formula is C19H23N5O2. The third-order valence-corrected chi connectivity index (χ3v) is 4.31. The number of aromatic nitrogens is 4. The lowest BCUT2D eigenvalue weighted by molar-refractivity contribution is 0.0680. The molecule has 0 saturated carbocycles. The average Bonchev–Trinajstić information content (AvgIpc) is 3.03. The average molecular weight is 353 g/mol. The SMILES string of the molecule is COCCN(Cc1cnn(C)c1)C(=O)c1ccc2nc(C)c(C)nc2c1. The summed E-state index contributed by atoms with van der Waals surface area (Å²) in [5.41, 5.74) is 4.86. The van der Waals surface area contributed by atoms with E-state index in [1.165, 1.54) is 0 Å². The van der Waals surface area contributed by atoms with Gasteiger partial charge in [-0.2, -0.15) is 5.10 Å². The summed E-state index contributed by atoms with van der Waals surface area (Å²) < 4.78 is 6.89. The van der Waals surface area contributed by atoms with E-state index in [9.17, 15) is 4.79 Å². The standard InChI is InChI=1S/C19H23N5O2/c1-13-14(2)22-18-9-16(5-6-17(18)21-13)19(25)24(7-8-26-4)12-15-10-20-23(3)11-15/h5-6,9-11H,7-8,12H2,1-4H3. The number of rotatable bonds is 6. The Morgan fingerprint density at radius 1 is 1.19 bits per heavy atom. The van der Waals surface area contributed by atoms with Gasteiger partial charge in [0.1, 0.15) is 0 Å². The maximum absolute atomic E-state index is 13.1. The lowest BCUT2D eigenvalue weighted by Crippen LogP contribution is -2.33. The van der Waals surface area contributed by atoms with Crippen molar-refractivity contribution in [2.24, 2.45) is 7.05 Å². The van der Waals surface area contributed by atoms with Crippen LogP contribution in [0, 0.1) is 13.8 Å². The molecular weight excluding hydrogens is 330 g/mol. The summed E-state index contributed by atoms with van der Waals surface area (Å²) in [5, 5.41) is 4.17. The molecule has 0 radical (unpaired) electrons. The topological polar surface area (TPSA) is 73.1 Å². The molecule has 2 aromatic heterocycles. The zero-order valence-electron chi connectivity index (χ0n) is 15.6. The summed E-state index contributed by atoms with van der Waals surface area (Å²) in [6.07, 6.45) is 3.68. The van der Waals surface area contributed by atoms with Crippen molar-refractivity contribution in [1.82, 2.24) is 24.6 Å². The molecule has 0 aliphatic carbocycles. The number of nitrogens with zero attached hydrogens (tertiary/aromatic N) is 5. The molecule has 0 aliphatic heterocycles. The van der Waals surface area contributed by atoms with Crippen LogP contribution in [0.3, 0.4) is 0 Å². The first-order chi connectivity index (χ1) is 12.5. The zero-order chi connectivity index (χ0) is 18.7. The molecule has 0 aliphatic rings. The van der Waals surface area contributed by atoms with Crippen LogP contribution in [0.15, 0.2) is 30.6 Å². The Morgan fingerprint density at radius 2 is 1.92 bits per heavy atom. The van der Waals surface area contributed by atoms with Crippen LogP contribution in [0.2, 0.25) is 0 Å². The van der Waals surface area contributed by atoms with Crippen molar-refractivity contribution >= 4 is 16.9 Å². The summed E-state index contributed by atoms with van der Waals surface area (Å²) >= 11 is 0. The Bertz CT molecular complexity index is 935. The number of carbonyl (C=O) groups excluding carboxylic acids is 1. The van der Waals surface area contributed by atoms with Crippen LogP contribution >= 0.6 is 0 Å². The number of benzene rings is 1. The quantitative estimate of drug-likeness (QED) is 0.680. The number of aryl methyl sites for hydroxylation is 3. The van der Waals surface area contributed by atoms with Crippen molar-refractivity contribution < 1.29 is 9.53 Å². The smallest absolute Gasteiger partial charge is 0.254 e. The molecule has 0 fully saturated rings. The van der Waals surface area contributed by atoms with Gasteiger partial charge in [-0.15, -0.1) is 0 Å². The van der Waals surface area contributed by atoms with Crippen LogP contribution in [0.1, 0.15) is 27.3 Å². The van der Waals surface area contributed by atoms with E-state index in [4.69, 9.17) is 4.74 Å². The van der Waals surface area contributed by atoms with Crippen molar-refractivity contribution in [3.63, 3.8) is 0 Å². The van der Waals surface area contributed by atoms with E-state index < -0.39 is 0 Å². The van der Waals surface area contributed by atoms with Gasteiger partial charge in [0, 0.05) is 44.6 Å². The third kappa shape index (κ3) is 3.88. The molecule has 0 N–H and O–H groups in total. The molecule has 0 spiro atoms. The van der Waals surface area contributed by atoms with E-state index in [0.717, 1.165) is 28.0 Å². The van der Waals surface area contributed by atoms with Gasteiger partial charge in [-0.3, -0.25) is 9.48 Å². The van der Waals surface area contributed by atoms with E-state index in [1.807, 2.05) is 33.2 Å². The molecule has 0 saturated heterocycles. The first kappa shape index (κ1) is 18.0. The van der Waals surface area contributed by atoms with Gasteiger partial charge in [0.15, 0.2) is 0 Å². The minimum Gasteiger partial charge on any atom is -0.383 e. The van der Waals surface area contributed by atoms with E-state index >= 15 is 0 Å². The zero-order valence-corrected chi connectivity index (χ0v) is 15.6. The van der Waals surface area contributed by atoms with E-state index in [2.05, 4.69) is 15.1 Å². The van der Waals surface area contributed by atoms with Crippen molar-refractivity contribution in [2.75, 3.05) is 20.3 Å². The van der Waals surface area contributed by atoms with Crippen molar-refractivity contribution in [1.29, 1.82) is 0 Å². The van der Waals surface area contributed by atoms with Crippen LogP contribution in [0.5, 0.6) is 0 Å². The van der Waals surface area contributed by atoms with Gasteiger partial charge in [0.2, 0.25) is 0 Å². The Balaban J connectivity index is 1.89. The monoisotopic (exact) mass is 353 g/mol. The minimum absolute atomic E-state index is 0.0622. The Morgan fingerprint density at radius 3 is 2.58 bits per heavy atom. The highest BCUT2D eigenvalue weighted by Crippen LogP contribution is 2.17. The number of fused-ring (bicyclic) bond motifs is 1. The summed E-state index contributed by atoms with van der Waals surface area (Å²) in [5.74, 6) is -0.0622. The van der Waals surface area contributed by atoms with E-state index in [1.54, 1.807) is 35.0 Å². The molecule has 3 rings (SSSR count). The predicted octanol–water partition coefficient (Wildman–Crippen LogP) is 2.27. The van der Waals surface area contributed by atoms with E-state index in [-0.39, 0.29) is 5.91 Å². The van der Waals surface area contributed by atoms with Gasteiger partial charge in [-0.1, -0.05) is 0 Å². The van der Waals surface area contributed by atoms with Crippen molar-refractivity contribution in [3.05, 3.63) is 53.1 Å². The first-order valence-corrected chi connectivity index (χ1v) is 8.48. The Kier molecular flexibility index (Phi) is 5.27. The number of ether oxygens (including phenoxy) is 1. The first-order valence-electron chi connectivity index (χ1n) is 8.48. The van der Waals surface area contributed by atoms with Gasteiger partial charge in [0.25, 0.3) is 5.91 Å². The molecule has 0 atom stereocenters. The lowest BCUT2D eigenvalue weighted by atomic mass is 10.1. The molecule has 7 nitrogen and oxygen atoms in total. The highest BCUT2D eigenvalue weighted by molar-refractivity contribution is 5.97. The molecule has 26 heavy (non-hydrogen) atoms. The second-order valence-electron chi connectivity index (χ2n) is 6.34. The van der Waals surface area contributed by atoms with Gasteiger partial charge in [0.05, 0.1) is 35.2 Å². The Hall–Kier alpha value is -2.80. The highest BCUT2D eigenvalue weighted by Gasteiger charge is 2.18. The maximum atomic E-state index is 13.1. The molecule has 136 valence electrons. The number of hydrogen-bond donors (Lipinski definition) is 0. The van der Waals surface area contributed by atoms with Crippen molar-refractivity contribution in [2.45, 2.75) is 20.4 Å². The molecule has 0 unspecified atom stereocenters. The number of methoxy groups -OCH3 is 1. The van der Waals surface area contributed by atoms with Gasteiger partial charge < -0.3 is 9.64 Å². The molecule has 1 aromatic carbocycles. The minimum atomic E-state index is -0.0622. The normalized spacial score (nSPS) is 11.1. The lowest BCUT2D eigenvalue weighted by Gasteiger charge is -2.22. The summed E-state index contributed by atoms with van der Waals surface area (Å²) in [4.78, 5) is 23.9. The van der Waals surface area contributed by atoms with Gasteiger partial charge in [-0.25, -0.2) is 9.97 Å². The Labute approximate surface area is 152 Å². The molecule has 0 bridgehead atoms. The third-order valence-electron chi connectivity index (χ3n) is 4.31. The fraction of sp³-hybridized carbons (Fsp3) is 0.368. The fourth-order valence-electron chi connectivity index (χ4n) is 2.77. The maximum Gasteiger partial charge on any atom is 0.254 e. The van der Waals surface area contributed by atoms with Crippen LogP contribution in [0.4, 0.5) is 0 Å². The second kappa shape index (κ2) is 7.61. The fourth-order valence-corrected chi connectivity index (χ4v) is 2.77. The molecule has 3 aromatic rings. The van der Waals surface area contributed by atoms with Crippen LogP contribution in [-0.4, -0.2) is 50.8 Å².